The molecule has 1 saturated heterocycles. The Morgan fingerprint density at radius 3 is 2.96 bits per heavy atom. The number of hydrogen-bond acceptors (Lipinski definition) is 7. The first-order chi connectivity index (χ1) is 11.2. The second-order valence-electron chi connectivity index (χ2n) is 6.49. The average molecular weight is 317 g/mol. The Hall–Kier alpha value is -1.80. The van der Waals surface area contributed by atoms with E-state index in [4.69, 9.17) is 4.52 Å². The normalized spacial score (nSPS) is 23.5. The van der Waals surface area contributed by atoms with Gasteiger partial charge < -0.3 is 4.52 Å². The van der Waals surface area contributed by atoms with Gasteiger partial charge in [0, 0.05) is 32.1 Å². The van der Waals surface area contributed by atoms with Crippen LogP contribution in [0.4, 0.5) is 0 Å². The van der Waals surface area contributed by atoms with E-state index >= 15 is 0 Å². The van der Waals surface area contributed by atoms with Crippen LogP contribution in [0.25, 0.3) is 0 Å². The van der Waals surface area contributed by atoms with Crippen molar-refractivity contribution in [3.05, 3.63) is 23.9 Å². The topological polar surface area (TPSA) is 76.1 Å². The lowest BCUT2D eigenvalue weighted by Crippen LogP contribution is -2.46. The first-order valence-electron chi connectivity index (χ1n) is 8.37. The molecular formula is C15H23N7O. The summed E-state index contributed by atoms with van der Waals surface area (Å²) >= 11 is 0. The van der Waals surface area contributed by atoms with Crippen LogP contribution in [0.2, 0.25) is 0 Å². The van der Waals surface area contributed by atoms with Gasteiger partial charge in [-0.2, -0.15) is 10.1 Å². The minimum Gasteiger partial charge on any atom is -0.338 e. The summed E-state index contributed by atoms with van der Waals surface area (Å²) in [6, 6.07) is 0.154. The molecule has 124 valence electrons. The molecule has 1 atom stereocenters. The first kappa shape index (κ1) is 14.8. The average Bonchev–Trinajstić information content (AvgIpc) is 3.12. The quantitative estimate of drug-likeness (QED) is 0.815. The number of aryl methyl sites for hydroxylation is 1. The summed E-state index contributed by atoms with van der Waals surface area (Å²) in [7, 11) is 2.12. The second kappa shape index (κ2) is 6.01. The van der Waals surface area contributed by atoms with Gasteiger partial charge >= 0.3 is 0 Å². The Kier molecular flexibility index (Phi) is 3.86. The minimum absolute atomic E-state index is 0.154. The molecule has 2 aromatic heterocycles. The van der Waals surface area contributed by atoms with Gasteiger partial charge in [0.2, 0.25) is 5.89 Å². The third-order valence-electron chi connectivity index (χ3n) is 4.78. The third-order valence-corrected chi connectivity index (χ3v) is 4.78. The van der Waals surface area contributed by atoms with Crippen LogP contribution in [-0.2, 0) is 13.1 Å². The number of likely N-dealkylation sites (N-methyl/N-ethyl adjacent to an activating group) is 1. The van der Waals surface area contributed by atoms with E-state index in [0.717, 1.165) is 50.3 Å². The molecule has 8 heteroatoms. The van der Waals surface area contributed by atoms with Crippen LogP contribution < -0.4 is 0 Å². The van der Waals surface area contributed by atoms with Gasteiger partial charge in [0.05, 0.1) is 6.54 Å². The Labute approximate surface area is 135 Å². The van der Waals surface area contributed by atoms with Crippen molar-refractivity contribution in [3.63, 3.8) is 0 Å². The van der Waals surface area contributed by atoms with E-state index in [1.54, 1.807) is 6.33 Å². The summed E-state index contributed by atoms with van der Waals surface area (Å²) in [5.41, 5.74) is 0. The highest BCUT2D eigenvalue weighted by Gasteiger charge is 2.34. The molecule has 2 fully saturated rings. The fourth-order valence-corrected chi connectivity index (χ4v) is 3.11. The van der Waals surface area contributed by atoms with Crippen molar-refractivity contribution in [3.8, 4) is 0 Å². The summed E-state index contributed by atoms with van der Waals surface area (Å²) in [5, 5.41) is 8.41. The van der Waals surface area contributed by atoms with Crippen LogP contribution in [0.15, 0.2) is 10.9 Å². The van der Waals surface area contributed by atoms with Gasteiger partial charge in [-0.25, -0.2) is 9.67 Å². The Morgan fingerprint density at radius 2 is 2.17 bits per heavy atom. The van der Waals surface area contributed by atoms with Crippen LogP contribution in [0.5, 0.6) is 0 Å². The number of rotatable bonds is 5. The summed E-state index contributed by atoms with van der Waals surface area (Å²) in [6.45, 7) is 6.60. The van der Waals surface area contributed by atoms with Crippen molar-refractivity contribution >= 4 is 0 Å². The summed E-state index contributed by atoms with van der Waals surface area (Å²) in [5.74, 6) is 3.17. The second-order valence-corrected chi connectivity index (χ2v) is 6.49. The molecule has 2 aliphatic rings. The molecule has 3 heterocycles. The molecule has 1 unspecified atom stereocenters. The molecule has 1 aliphatic carbocycles. The van der Waals surface area contributed by atoms with Crippen molar-refractivity contribution in [2.45, 2.75) is 44.8 Å². The van der Waals surface area contributed by atoms with Gasteiger partial charge in [0.25, 0.3) is 0 Å². The van der Waals surface area contributed by atoms with Crippen molar-refractivity contribution in [1.82, 2.24) is 34.7 Å². The lowest BCUT2D eigenvalue weighted by atomic mass is 10.1. The molecule has 4 rings (SSSR count). The number of aromatic nitrogens is 5. The van der Waals surface area contributed by atoms with Crippen molar-refractivity contribution in [1.29, 1.82) is 0 Å². The lowest BCUT2D eigenvalue weighted by Gasteiger charge is -2.37. The van der Waals surface area contributed by atoms with Gasteiger partial charge in [0.15, 0.2) is 5.82 Å². The summed E-state index contributed by atoms with van der Waals surface area (Å²) in [6.07, 6.45) is 4.02. The SMILES string of the molecule is CCn1ncnc1CN1CCN(C)C(c2nc(C3CC3)no2)C1. The van der Waals surface area contributed by atoms with Crippen LogP contribution in [0.1, 0.15) is 49.3 Å². The zero-order chi connectivity index (χ0) is 15.8. The molecule has 8 nitrogen and oxygen atoms in total. The molecule has 1 aliphatic heterocycles. The molecule has 0 radical (unpaired) electrons. The smallest absolute Gasteiger partial charge is 0.245 e. The molecule has 0 aromatic carbocycles. The highest BCUT2D eigenvalue weighted by molar-refractivity contribution is 5.06. The molecule has 0 amide bonds. The van der Waals surface area contributed by atoms with E-state index in [9.17, 15) is 0 Å². The van der Waals surface area contributed by atoms with E-state index in [1.807, 2.05) is 4.68 Å². The van der Waals surface area contributed by atoms with E-state index < -0.39 is 0 Å². The highest BCUT2D eigenvalue weighted by Crippen LogP contribution is 2.38. The molecule has 0 N–H and O–H groups in total. The number of nitrogens with zero attached hydrogens (tertiary/aromatic N) is 7. The largest absolute Gasteiger partial charge is 0.338 e. The number of hydrogen-bond donors (Lipinski definition) is 0. The van der Waals surface area contributed by atoms with Gasteiger partial charge in [-0.05, 0) is 26.8 Å². The predicted molar refractivity (Wildman–Crippen MR) is 82.6 cm³/mol. The van der Waals surface area contributed by atoms with Crippen molar-refractivity contribution < 1.29 is 4.52 Å². The van der Waals surface area contributed by atoms with E-state index in [-0.39, 0.29) is 6.04 Å². The van der Waals surface area contributed by atoms with E-state index in [0.29, 0.717) is 5.92 Å². The zero-order valence-electron chi connectivity index (χ0n) is 13.7. The van der Waals surface area contributed by atoms with Crippen LogP contribution >= 0.6 is 0 Å². The van der Waals surface area contributed by atoms with Crippen LogP contribution in [0, 0.1) is 0 Å². The molecule has 2 aromatic rings. The van der Waals surface area contributed by atoms with Crippen molar-refractivity contribution in [2.75, 3.05) is 26.7 Å². The maximum absolute atomic E-state index is 5.54. The van der Waals surface area contributed by atoms with Gasteiger partial charge in [-0.15, -0.1) is 0 Å². The fourth-order valence-electron chi connectivity index (χ4n) is 3.11. The van der Waals surface area contributed by atoms with Gasteiger partial charge in [-0.1, -0.05) is 5.16 Å². The Balaban J connectivity index is 1.46. The maximum Gasteiger partial charge on any atom is 0.245 e. The fraction of sp³-hybridized carbons (Fsp3) is 0.733. The van der Waals surface area contributed by atoms with E-state index in [2.05, 4.69) is 44.0 Å². The Morgan fingerprint density at radius 1 is 1.30 bits per heavy atom. The standard InChI is InChI=1S/C15H23N7O/c1-3-22-13(16-10-17-22)9-21-7-6-20(2)12(8-21)15-18-14(19-23-15)11-4-5-11/h10-12H,3-9H2,1-2H3. The van der Waals surface area contributed by atoms with Gasteiger partial charge in [0.1, 0.15) is 18.2 Å². The lowest BCUT2D eigenvalue weighted by molar-refractivity contribution is 0.0691. The van der Waals surface area contributed by atoms with Crippen LogP contribution in [0.3, 0.4) is 0 Å². The molecule has 1 saturated carbocycles. The van der Waals surface area contributed by atoms with Crippen LogP contribution in [-0.4, -0.2) is 61.4 Å². The monoisotopic (exact) mass is 317 g/mol. The summed E-state index contributed by atoms with van der Waals surface area (Å²) in [4.78, 5) is 13.7. The zero-order valence-corrected chi connectivity index (χ0v) is 13.7. The van der Waals surface area contributed by atoms with Gasteiger partial charge in [-0.3, -0.25) is 9.80 Å². The molecule has 0 bridgehead atoms. The number of piperazine rings is 1. The molecule has 0 spiro atoms. The van der Waals surface area contributed by atoms with E-state index in [1.165, 1.54) is 12.8 Å². The third kappa shape index (κ3) is 3.00. The van der Waals surface area contributed by atoms with Crippen molar-refractivity contribution in [2.24, 2.45) is 0 Å². The minimum atomic E-state index is 0.154. The maximum atomic E-state index is 5.54. The summed E-state index contributed by atoms with van der Waals surface area (Å²) < 4.78 is 7.49. The molecular weight excluding hydrogens is 294 g/mol. The Bertz CT molecular complexity index is 662. The molecule has 23 heavy (non-hydrogen) atoms. The highest BCUT2D eigenvalue weighted by atomic mass is 16.5. The predicted octanol–water partition coefficient (Wildman–Crippen LogP) is 1.05. The first-order valence-corrected chi connectivity index (χ1v) is 8.37.